The summed E-state index contributed by atoms with van der Waals surface area (Å²) in [5.41, 5.74) is 0.893. The number of rotatable bonds is 8. The van der Waals surface area contributed by atoms with Gasteiger partial charge in [0.2, 0.25) is 0 Å². The van der Waals surface area contributed by atoms with Crippen LogP contribution in [0.5, 0.6) is 0 Å². The Morgan fingerprint density at radius 1 is 1.00 bits per heavy atom. The second kappa shape index (κ2) is 13.3. The molecule has 3 aliphatic rings. The van der Waals surface area contributed by atoms with Crippen molar-refractivity contribution < 1.29 is 29.0 Å². The molecule has 0 spiro atoms. The van der Waals surface area contributed by atoms with E-state index >= 15 is 0 Å². The molecule has 5 rings (SSSR count). The van der Waals surface area contributed by atoms with Crippen LogP contribution in [-0.2, 0) is 16.1 Å². The molecule has 4 heterocycles. The third-order valence-corrected chi connectivity index (χ3v) is 8.73. The highest BCUT2D eigenvalue weighted by molar-refractivity contribution is 5.96. The average Bonchev–Trinajstić information content (AvgIpc) is 3.25. The molecular weight excluding hydrogens is 548 g/mol. The van der Waals surface area contributed by atoms with Crippen LogP contribution in [-0.4, -0.2) is 75.9 Å². The Balaban J connectivity index is 1.07. The quantitative estimate of drug-likeness (QED) is 0.407. The summed E-state index contributed by atoms with van der Waals surface area (Å²) in [4.78, 5) is 46.4. The number of benzene rings is 1. The minimum absolute atomic E-state index is 0.0249. The Kier molecular flexibility index (Phi) is 9.54. The predicted molar refractivity (Wildman–Crippen MR) is 162 cm³/mol. The van der Waals surface area contributed by atoms with Crippen molar-refractivity contribution in [1.29, 1.82) is 0 Å². The highest BCUT2D eigenvalue weighted by atomic mass is 16.6. The maximum absolute atomic E-state index is 13.0. The van der Waals surface area contributed by atoms with Crippen LogP contribution in [0.3, 0.4) is 0 Å². The van der Waals surface area contributed by atoms with Crippen molar-refractivity contribution in [2.75, 3.05) is 18.0 Å². The highest BCUT2D eigenvalue weighted by Gasteiger charge is 2.42. The summed E-state index contributed by atoms with van der Waals surface area (Å²) < 4.78 is 10.9. The number of alkyl carbamates (subject to hydrolysis) is 1. The van der Waals surface area contributed by atoms with Gasteiger partial charge in [-0.25, -0.2) is 14.6 Å². The first-order valence-corrected chi connectivity index (χ1v) is 15.5. The Bertz CT molecular complexity index is 1240. The van der Waals surface area contributed by atoms with Gasteiger partial charge in [-0.3, -0.25) is 4.79 Å². The van der Waals surface area contributed by atoms with E-state index in [0.717, 1.165) is 37.1 Å². The molecule has 3 fully saturated rings. The van der Waals surface area contributed by atoms with Gasteiger partial charge in [-0.15, -0.1) is 0 Å². The second-order valence-electron chi connectivity index (χ2n) is 13.1. The number of aliphatic hydroxyl groups is 1. The molecule has 43 heavy (non-hydrogen) atoms. The fourth-order valence-corrected chi connectivity index (χ4v) is 6.60. The number of nitrogens with one attached hydrogen (secondary N) is 1. The van der Waals surface area contributed by atoms with Crippen LogP contribution in [0.2, 0.25) is 0 Å². The van der Waals surface area contributed by atoms with Gasteiger partial charge in [0.15, 0.2) is 5.78 Å². The van der Waals surface area contributed by atoms with Gasteiger partial charge in [0.25, 0.3) is 0 Å². The predicted octanol–water partition coefficient (Wildman–Crippen LogP) is 5.09. The highest BCUT2D eigenvalue weighted by Crippen LogP contribution is 2.38. The Morgan fingerprint density at radius 2 is 1.67 bits per heavy atom. The van der Waals surface area contributed by atoms with E-state index in [4.69, 9.17) is 9.47 Å². The number of fused-ring (bicyclic) bond motifs is 2. The van der Waals surface area contributed by atoms with Crippen molar-refractivity contribution in [2.45, 2.75) is 102 Å². The van der Waals surface area contributed by atoms with Gasteiger partial charge in [0.05, 0.1) is 6.10 Å². The summed E-state index contributed by atoms with van der Waals surface area (Å²) in [5, 5.41) is 13.9. The van der Waals surface area contributed by atoms with Crippen molar-refractivity contribution in [2.24, 2.45) is 5.92 Å². The number of Topliss-reactive ketones (excluding diaryl/α,β-unsaturated/α-hetero) is 1. The number of aromatic nitrogens is 1. The molecule has 1 aromatic heterocycles. The number of carbonyl (C=O) groups excluding carboxylic acids is 3. The van der Waals surface area contributed by atoms with Crippen molar-refractivity contribution in [3.05, 3.63) is 59.8 Å². The zero-order valence-electron chi connectivity index (χ0n) is 25.4. The third kappa shape index (κ3) is 8.04. The number of carbonyl (C=O) groups is 3. The molecule has 3 aliphatic heterocycles. The summed E-state index contributed by atoms with van der Waals surface area (Å²) >= 11 is 0. The molecule has 10 nitrogen and oxygen atoms in total. The fourth-order valence-electron chi connectivity index (χ4n) is 6.60. The van der Waals surface area contributed by atoms with Gasteiger partial charge in [-0.05, 0) is 82.9 Å². The van der Waals surface area contributed by atoms with Crippen LogP contribution in [0.4, 0.5) is 15.4 Å². The van der Waals surface area contributed by atoms with Crippen molar-refractivity contribution in [3.8, 4) is 0 Å². The van der Waals surface area contributed by atoms with Crippen LogP contribution in [0, 0.1) is 5.92 Å². The van der Waals surface area contributed by atoms with E-state index in [9.17, 15) is 19.5 Å². The molecule has 0 saturated carbocycles. The van der Waals surface area contributed by atoms with Gasteiger partial charge < -0.3 is 29.7 Å². The van der Waals surface area contributed by atoms with Gasteiger partial charge in [-0.1, -0.05) is 30.3 Å². The molecule has 0 aliphatic carbocycles. The number of amides is 2. The van der Waals surface area contributed by atoms with E-state index < -0.39 is 11.7 Å². The van der Waals surface area contributed by atoms with E-state index in [1.54, 1.807) is 17.2 Å². The molecule has 232 valence electrons. The molecule has 2 amide bonds. The lowest BCUT2D eigenvalue weighted by molar-refractivity contribution is 0.0399. The van der Waals surface area contributed by atoms with E-state index in [0.29, 0.717) is 31.5 Å². The molecule has 1 unspecified atom stereocenters. The van der Waals surface area contributed by atoms with E-state index in [1.807, 2.05) is 57.2 Å². The summed E-state index contributed by atoms with van der Waals surface area (Å²) in [7, 11) is 0. The van der Waals surface area contributed by atoms with E-state index in [2.05, 4.69) is 15.2 Å². The number of piperidine rings is 2. The first kappa shape index (κ1) is 30.8. The molecule has 3 saturated heterocycles. The average molecular weight is 593 g/mol. The summed E-state index contributed by atoms with van der Waals surface area (Å²) in [6.45, 7) is 6.79. The maximum atomic E-state index is 13.0. The molecule has 1 aromatic carbocycles. The number of ether oxygens (including phenoxy) is 2. The molecule has 2 bridgehead atoms. The lowest BCUT2D eigenvalue weighted by Crippen LogP contribution is -2.51. The van der Waals surface area contributed by atoms with Crippen molar-refractivity contribution >= 4 is 23.8 Å². The molecule has 2 N–H and O–H groups in total. The second-order valence-corrected chi connectivity index (χ2v) is 13.1. The van der Waals surface area contributed by atoms with Gasteiger partial charge in [0, 0.05) is 49.4 Å². The van der Waals surface area contributed by atoms with Crippen molar-refractivity contribution in [1.82, 2.24) is 15.2 Å². The van der Waals surface area contributed by atoms with Crippen LogP contribution in [0.1, 0.15) is 81.6 Å². The minimum atomic E-state index is -0.776. The third-order valence-electron chi connectivity index (χ3n) is 8.73. The topological polar surface area (TPSA) is 121 Å². The number of hydrogen-bond acceptors (Lipinski definition) is 8. The van der Waals surface area contributed by atoms with E-state index in [-0.39, 0.29) is 55.0 Å². The monoisotopic (exact) mass is 592 g/mol. The summed E-state index contributed by atoms with van der Waals surface area (Å²) in [5.74, 6) is 0.645. The molecule has 0 radical (unpaired) electrons. The van der Waals surface area contributed by atoms with Gasteiger partial charge in [0.1, 0.15) is 18.0 Å². The Hall–Kier alpha value is -3.66. The first-order valence-electron chi connectivity index (χ1n) is 15.5. The van der Waals surface area contributed by atoms with Gasteiger partial charge >= 0.3 is 12.2 Å². The number of likely N-dealkylation sites (tertiary alicyclic amines) is 1. The van der Waals surface area contributed by atoms with Crippen LogP contribution in [0.25, 0.3) is 0 Å². The van der Waals surface area contributed by atoms with Crippen LogP contribution < -0.4 is 10.2 Å². The standard InChI is InChI=1S/C33H44N4O6/c1-33(2,3)43-31(40)35-25-17-26-10-11-27(18-25)37(26)30-12-9-24(20-34-30)29(39)19-28(38)23-13-15-36(16-14-23)32(41)42-21-22-7-5-4-6-8-22/h4-9,12,20,23,25-28,38H,10-11,13-19,21H2,1-3H3,(H,35,40)/t25-,26+,27-,28?. The lowest BCUT2D eigenvalue weighted by Gasteiger charge is -2.40. The number of pyridine rings is 1. The Labute approximate surface area is 253 Å². The molecule has 10 heteroatoms. The minimum Gasteiger partial charge on any atom is -0.445 e. The lowest BCUT2D eigenvalue weighted by atomic mass is 9.88. The SMILES string of the molecule is CC(C)(C)OC(=O)N[C@H]1C[C@H]2CC[C@@H](C1)N2c1ccc(C(=O)CC(O)C2CCN(C(=O)OCc3ccccc3)CC2)cn1. The number of hydrogen-bond donors (Lipinski definition) is 2. The first-order chi connectivity index (χ1) is 20.6. The zero-order valence-corrected chi connectivity index (χ0v) is 25.4. The van der Waals surface area contributed by atoms with Crippen molar-refractivity contribution in [3.63, 3.8) is 0 Å². The molecule has 4 atom stereocenters. The largest absolute Gasteiger partial charge is 0.445 e. The van der Waals surface area contributed by atoms with Crippen LogP contribution >= 0.6 is 0 Å². The zero-order chi connectivity index (χ0) is 30.6. The van der Waals surface area contributed by atoms with Gasteiger partial charge in [-0.2, -0.15) is 0 Å². The fraction of sp³-hybridized carbons (Fsp3) is 0.576. The van der Waals surface area contributed by atoms with Crippen LogP contribution in [0.15, 0.2) is 48.7 Å². The number of ketones is 1. The number of nitrogens with zero attached hydrogens (tertiary/aromatic N) is 3. The molecular formula is C33H44N4O6. The smallest absolute Gasteiger partial charge is 0.410 e. The Morgan fingerprint density at radius 3 is 2.28 bits per heavy atom. The number of anilines is 1. The summed E-state index contributed by atoms with van der Waals surface area (Å²) in [6.07, 6.45) is 5.10. The molecule has 2 aromatic rings. The maximum Gasteiger partial charge on any atom is 0.410 e. The number of aliphatic hydroxyl groups excluding tert-OH is 1. The normalized spacial score (nSPS) is 23.0. The summed E-state index contributed by atoms with van der Waals surface area (Å²) in [6, 6.07) is 13.9. The van der Waals surface area contributed by atoms with E-state index in [1.165, 1.54) is 0 Å².